The first-order valence-corrected chi connectivity index (χ1v) is 4.82. The lowest BCUT2D eigenvalue weighted by atomic mass is 10.1. The van der Waals surface area contributed by atoms with E-state index < -0.39 is 5.24 Å². The molecule has 0 aliphatic carbocycles. The number of rotatable bonds is 2. The lowest BCUT2D eigenvalue weighted by Crippen LogP contribution is -1.90. The number of aryl methyl sites for hydroxylation is 1. The van der Waals surface area contributed by atoms with Gasteiger partial charge in [0.25, 0.3) is 5.24 Å². The third-order valence-corrected chi connectivity index (χ3v) is 2.40. The van der Waals surface area contributed by atoms with E-state index in [1.54, 1.807) is 0 Å². The van der Waals surface area contributed by atoms with Crippen LogP contribution in [-0.2, 0) is 6.42 Å². The first-order valence-electron chi connectivity index (χ1n) is 4.44. The summed E-state index contributed by atoms with van der Waals surface area (Å²) in [7, 11) is 0. The predicted octanol–water partition coefficient (Wildman–Crippen LogP) is 3.37. The summed E-state index contributed by atoms with van der Waals surface area (Å²) >= 11 is 5.43. The summed E-state index contributed by atoms with van der Waals surface area (Å²) in [5, 5.41) is 0.442. The maximum Gasteiger partial charge on any atom is 0.288 e. The van der Waals surface area contributed by atoms with Crippen LogP contribution in [-0.4, -0.2) is 5.24 Å². The maximum atomic E-state index is 11.1. The highest BCUT2D eigenvalue weighted by Gasteiger charge is 2.16. The Kier molecular flexibility index (Phi) is 2.30. The highest BCUT2D eigenvalue weighted by molar-refractivity contribution is 6.67. The van der Waals surface area contributed by atoms with Crippen molar-refractivity contribution in [1.29, 1.82) is 0 Å². The van der Waals surface area contributed by atoms with Crippen LogP contribution in [0.4, 0.5) is 0 Å². The molecule has 0 saturated carbocycles. The van der Waals surface area contributed by atoms with Crippen LogP contribution in [0.1, 0.15) is 23.0 Å². The number of hydrogen-bond donors (Lipinski definition) is 0. The minimum absolute atomic E-state index is 0.273. The van der Waals surface area contributed by atoms with Gasteiger partial charge in [0.1, 0.15) is 5.58 Å². The molecule has 3 heteroatoms. The van der Waals surface area contributed by atoms with Crippen molar-refractivity contribution in [2.75, 3.05) is 0 Å². The van der Waals surface area contributed by atoms with Gasteiger partial charge in [0, 0.05) is 10.9 Å². The average molecular weight is 209 g/mol. The number of fused-ring (bicyclic) bond motifs is 1. The van der Waals surface area contributed by atoms with Gasteiger partial charge >= 0.3 is 0 Å². The van der Waals surface area contributed by atoms with Crippen molar-refractivity contribution in [1.82, 2.24) is 0 Å². The molecule has 72 valence electrons. The zero-order chi connectivity index (χ0) is 10.1. The molecule has 2 nitrogen and oxygen atoms in total. The van der Waals surface area contributed by atoms with Gasteiger partial charge in [0.15, 0.2) is 5.76 Å². The van der Waals surface area contributed by atoms with Crippen molar-refractivity contribution in [3.8, 4) is 0 Å². The Morgan fingerprint density at radius 1 is 1.43 bits per heavy atom. The van der Waals surface area contributed by atoms with E-state index in [0.717, 1.165) is 17.4 Å². The van der Waals surface area contributed by atoms with Gasteiger partial charge in [0.05, 0.1) is 0 Å². The Hall–Kier alpha value is -1.28. The lowest BCUT2D eigenvalue weighted by molar-refractivity contribution is 0.105. The summed E-state index contributed by atoms with van der Waals surface area (Å²) in [6.45, 7) is 1.97. The molecule has 0 aliphatic rings. The molecule has 0 saturated heterocycles. The second kappa shape index (κ2) is 3.46. The molecule has 0 N–H and O–H groups in total. The van der Waals surface area contributed by atoms with Crippen molar-refractivity contribution >= 4 is 27.8 Å². The van der Waals surface area contributed by atoms with Gasteiger partial charge < -0.3 is 4.42 Å². The van der Waals surface area contributed by atoms with Crippen LogP contribution in [0.5, 0.6) is 0 Å². The van der Waals surface area contributed by atoms with E-state index in [-0.39, 0.29) is 5.76 Å². The summed E-state index contributed by atoms with van der Waals surface area (Å²) in [5.74, 6) is 0.273. The SMILES string of the molecule is CCc1c(C(=O)Cl)oc2ccccc12. The largest absolute Gasteiger partial charge is 0.451 e. The number of carbonyl (C=O) groups is 1. The van der Waals surface area contributed by atoms with Crippen molar-refractivity contribution in [3.05, 3.63) is 35.6 Å². The van der Waals surface area contributed by atoms with Gasteiger partial charge in [-0.25, -0.2) is 0 Å². The van der Waals surface area contributed by atoms with Crippen LogP contribution < -0.4 is 0 Å². The Labute approximate surface area is 86.5 Å². The fourth-order valence-electron chi connectivity index (χ4n) is 1.61. The number of carbonyl (C=O) groups excluding carboxylic acids is 1. The smallest absolute Gasteiger partial charge is 0.288 e. The second-order valence-electron chi connectivity index (χ2n) is 3.03. The zero-order valence-corrected chi connectivity index (χ0v) is 8.47. The molecule has 0 bridgehead atoms. The Bertz CT molecular complexity index is 485. The van der Waals surface area contributed by atoms with E-state index in [1.165, 1.54) is 0 Å². The van der Waals surface area contributed by atoms with E-state index in [2.05, 4.69) is 0 Å². The molecule has 2 rings (SSSR count). The van der Waals surface area contributed by atoms with Gasteiger partial charge in [-0.2, -0.15) is 0 Å². The summed E-state index contributed by atoms with van der Waals surface area (Å²) in [4.78, 5) is 11.1. The molecule has 1 aromatic heterocycles. The van der Waals surface area contributed by atoms with Crippen LogP contribution in [0.25, 0.3) is 11.0 Å². The predicted molar refractivity (Wildman–Crippen MR) is 55.8 cm³/mol. The molecule has 2 aromatic rings. The van der Waals surface area contributed by atoms with E-state index in [0.29, 0.717) is 5.58 Å². The van der Waals surface area contributed by atoms with Gasteiger partial charge in [-0.3, -0.25) is 4.79 Å². The highest BCUT2D eigenvalue weighted by Crippen LogP contribution is 2.27. The molecule has 0 spiro atoms. The topological polar surface area (TPSA) is 30.2 Å². The minimum atomic E-state index is -0.530. The summed E-state index contributed by atoms with van der Waals surface area (Å²) in [6.07, 6.45) is 0.741. The third kappa shape index (κ3) is 1.32. The van der Waals surface area contributed by atoms with Gasteiger partial charge in [0.2, 0.25) is 0 Å². The molecule has 1 aromatic carbocycles. The highest BCUT2D eigenvalue weighted by atomic mass is 35.5. The quantitative estimate of drug-likeness (QED) is 0.709. The molecule has 1 heterocycles. The van der Waals surface area contributed by atoms with Crippen molar-refractivity contribution < 1.29 is 9.21 Å². The molecule has 0 aliphatic heterocycles. The maximum absolute atomic E-state index is 11.1. The van der Waals surface area contributed by atoms with E-state index in [4.69, 9.17) is 16.0 Å². The Morgan fingerprint density at radius 2 is 2.14 bits per heavy atom. The molecular weight excluding hydrogens is 200 g/mol. The number of furan rings is 1. The monoisotopic (exact) mass is 208 g/mol. The van der Waals surface area contributed by atoms with E-state index in [9.17, 15) is 4.79 Å². The van der Waals surface area contributed by atoms with Crippen LogP contribution >= 0.6 is 11.6 Å². The minimum Gasteiger partial charge on any atom is -0.451 e. The second-order valence-corrected chi connectivity index (χ2v) is 3.38. The number of hydrogen-bond acceptors (Lipinski definition) is 2. The van der Waals surface area contributed by atoms with Crippen molar-refractivity contribution in [2.45, 2.75) is 13.3 Å². The van der Waals surface area contributed by atoms with Crippen LogP contribution in [0.3, 0.4) is 0 Å². The molecule has 0 radical (unpaired) electrons. The summed E-state index contributed by atoms with van der Waals surface area (Å²) in [6, 6.07) is 7.55. The van der Waals surface area contributed by atoms with Crippen molar-refractivity contribution in [2.24, 2.45) is 0 Å². The molecule has 0 unspecified atom stereocenters. The molecule has 0 amide bonds. The Balaban J connectivity index is 2.78. The normalized spacial score (nSPS) is 10.7. The first kappa shape index (κ1) is 9.28. The number of benzene rings is 1. The van der Waals surface area contributed by atoms with Crippen molar-refractivity contribution in [3.63, 3.8) is 0 Å². The summed E-state index contributed by atoms with van der Waals surface area (Å²) < 4.78 is 5.37. The third-order valence-electron chi connectivity index (χ3n) is 2.23. The Morgan fingerprint density at radius 3 is 2.79 bits per heavy atom. The standard InChI is InChI=1S/C11H9ClO2/c1-2-7-8-5-3-4-6-9(8)14-10(7)11(12)13/h3-6H,2H2,1H3. The zero-order valence-electron chi connectivity index (χ0n) is 7.71. The van der Waals surface area contributed by atoms with Gasteiger partial charge in [-0.1, -0.05) is 25.1 Å². The van der Waals surface area contributed by atoms with Crippen LogP contribution in [0, 0.1) is 0 Å². The number of halogens is 1. The van der Waals surface area contributed by atoms with E-state index >= 15 is 0 Å². The van der Waals surface area contributed by atoms with Gasteiger partial charge in [-0.15, -0.1) is 0 Å². The molecule has 14 heavy (non-hydrogen) atoms. The number of para-hydroxylation sites is 1. The summed E-state index contributed by atoms with van der Waals surface area (Å²) in [5.41, 5.74) is 1.61. The average Bonchev–Trinajstić information content (AvgIpc) is 2.56. The van der Waals surface area contributed by atoms with Crippen LogP contribution in [0.15, 0.2) is 28.7 Å². The van der Waals surface area contributed by atoms with Crippen LogP contribution in [0.2, 0.25) is 0 Å². The fraction of sp³-hybridized carbons (Fsp3) is 0.182. The van der Waals surface area contributed by atoms with Gasteiger partial charge in [-0.05, 0) is 24.1 Å². The lowest BCUT2D eigenvalue weighted by Gasteiger charge is -1.92. The molecule has 0 fully saturated rings. The fourth-order valence-corrected chi connectivity index (χ4v) is 1.76. The first-order chi connectivity index (χ1) is 6.74. The molecular formula is C11H9ClO2. The van der Waals surface area contributed by atoms with E-state index in [1.807, 2.05) is 31.2 Å². The molecule has 0 atom stereocenters.